The quantitative estimate of drug-likeness (QED) is 0.334. The standard InChI is InChI=1S/C26H27F3N4O2S/c1-5-21(34)33-20-11-6-16(4)14-19(20)22-23(30-25(32-31-22)36-13-12-15(2)3)35-24(33)17-7-9-18(10-8-17)26(27,28)29/h6-11,14-15,24H,5,12-13H2,1-4H3. The van der Waals surface area contributed by atoms with Gasteiger partial charge >= 0.3 is 6.18 Å². The summed E-state index contributed by atoms with van der Waals surface area (Å²) in [6.45, 7) is 7.90. The highest BCUT2D eigenvalue weighted by Crippen LogP contribution is 2.44. The van der Waals surface area contributed by atoms with E-state index < -0.39 is 18.0 Å². The van der Waals surface area contributed by atoms with Gasteiger partial charge in [0.15, 0.2) is 5.69 Å². The van der Waals surface area contributed by atoms with Crippen molar-refractivity contribution in [2.45, 2.75) is 58.1 Å². The maximum atomic E-state index is 13.2. The van der Waals surface area contributed by atoms with E-state index in [-0.39, 0.29) is 18.2 Å². The Kier molecular flexibility index (Phi) is 7.54. The van der Waals surface area contributed by atoms with E-state index in [1.165, 1.54) is 28.8 Å². The molecule has 0 aliphatic carbocycles. The molecule has 0 saturated heterocycles. The fourth-order valence-electron chi connectivity index (χ4n) is 3.82. The van der Waals surface area contributed by atoms with E-state index in [9.17, 15) is 18.0 Å². The van der Waals surface area contributed by atoms with Crippen LogP contribution in [0.25, 0.3) is 11.3 Å². The largest absolute Gasteiger partial charge is 0.447 e. The number of amides is 1. The predicted molar refractivity (Wildman–Crippen MR) is 133 cm³/mol. The van der Waals surface area contributed by atoms with E-state index in [1.54, 1.807) is 13.0 Å². The predicted octanol–water partition coefficient (Wildman–Crippen LogP) is 6.84. The summed E-state index contributed by atoms with van der Waals surface area (Å²) in [5, 5.41) is 9.12. The molecule has 0 N–H and O–H groups in total. The number of ether oxygens (including phenoxy) is 1. The molecule has 0 bridgehead atoms. The van der Waals surface area contributed by atoms with Gasteiger partial charge in [0.2, 0.25) is 23.2 Å². The molecule has 190 valence electrons. The van der Waals surface area contributed by atoms with Crippen molar-refractivity contribution < 1.29 is 22.7 Å². The van der Waals surface area contributed by atoms with Crippen molar-refractivity contribution in [2.75, 3.05) is 10.7 Å². The number of aryl methyl sites for hydroxylation is 1. The van der Waals surface area contributed by atoms with Gasteiger partial charge in [-0.05, 0) is 43.5 Å². The van der Waals surface area contributed by atoms with Crippen LogP contribution in [0, 0.1) is 12.8 Å². The molecule has 10 heteroatoms. The molecule has 0 spiro atoms. The van der Waals surface area contributed by atoms with Crippen molar-refractivity contribution in [1.82, 2.24) is 15.2 Å². The smallest absolute Gasteiger partial charge is 0.416 e. The molecule has 1 aromatic heterocycles. The third-order valence-electron chi connectivity index (χ3n) is 5.78. The van der Waals surface area contributed by atoms with E-state index in [2.05, 4.69) is 29.0 Å². The second-order valence-electron chi connectivity index (χ2n) is 9.01. The average Bonchev–Trinajstić information content (AvgIpc) is 2.97. The maximum absolute atomic E-state index is 13.2. The van der Waals surface area contributed by atoms with Crippen LogP contribution in [0.15, 0.2) is 47.6 Å². The summed E-state index contributed by atoms with van der Waals surface area (Å²) in [7, 11) is 0. The number of nitrogens with zero attached hydrogens (tertiary/aromatic N) is 4. The van der Waals surface area contributed by atoms with Gasteiger partial charge in [-0.1, -0.05) is 56.3 Å². The van der Waals surface area contributed by atoms with Gasteiger partial charge in [-0.25, -0.2) is 0 Å². The number of halogens is 3. The summed E-state index contributed by atoms with van der Waals surface area (Å²) in [5.74, 6) is 1.25. The lowest BCUT2D eigenvalue weighted by atomic mass is 10.0. The highest BCUT2D eigenvalue weighted by molar-refractivity contribution is 7.99. The molecule has 3 aromatic rings. The van der Waals surface area contributed by atoms with Crippen LogP contribution < -0.4 is 9.64 Å². The first-order chi connectivity index (χ1) is 17.1. The topological polar surface area (TPSA) is 68.2 Å². The number of thioether (sulfide) groups is 1. The van der Waals surface area contributed by atoms with Gasteiger partial charge in [0.25, 0.3) is 0 Å². The van der Waals surface area contributed by atoms with Crippen LogP contribution in [0.4, 0.5) is 18.9 Å². The van der Waals surface area contributed by atoms with Gasteiger partial charge in [-0.3, -0.25) is 9.69 Å². The molecule has 1 amide bonds. The highest BCUT2D eigenvalue weighted by atomic mass is 32.2. The normalized spacial score (nSPS) is 15.2. The molecule has 1 unspecified atom stereocenters. The first kappa shape index (κ1) is 25.9. The number of anilines is 1. The first-order valence-corrected chi connectivity index (χ1v) is 12.7. The Labute approximate surface area is 212 Å². The van der Waals surface area contributed by atoms with Crippen LogP contribution in [0.3, 0.4) is 0 Å². The second-order valence-corrected chi connectivity index (χ2v) is 10.1. The molecular weight excluding hydrogens is 489 g/mol. The van der Waals surface area contributed by atoms with Crippen molar-refractivity contribution in [3.63, 3.8) is 0 Å². The van der Waals surface area contributed by atoms with Crippen LogP contribution in [0.1, 0.15) is 56.5 Å². The molecule has 2 aromatic carbocycles. The molecule has 0 radical (unpaired) electrons. The van der Waals surface area contributed by atoms with E-state index in [4.69, 9.17) is 4.74 Å². The van der Waals surface area contributed by atoms with Crippen molar-refractivity contribution in [3.8, 4) is 17.1 Å². The van der Waals surface area contributed by atoms with Crippen molar-refractivity contribution in [3.05, 3.63) is 59.2 Å². The minimum Gasteiger partial charge on any atom is -0.447 e. The number of alkyl halides is 3. The first-order valence-electron chi connectivity index (χ1n) is 11.7. The van der Waals surface area contributed by atoms with Crippen LogP contribution in [-0.4, -0.2) is 26.8 Å². The Morgan fingerprint density at radius 1 is 1.14 bits per heavy atom. The minimum absolute atomic E-state index is 0.166. The molecular formula is C26H27F3N4O2S. The molecule has 1 aliphatic heterocycles. The lowest BCUT2D eigenvalue weighted by molar-refractivity contribution is -0.137. The van der Waals surface area contributed by atoms with Crippen molar-refractivity contribution >= 4 is 23.4 Å². The zero-order valence-corrected chi connectivity index (χ0v) is 21.3. The Bertz CT molecular complexity index is 1250. The van der Waals surface area contributed by atoms with Gasteiger partial charge < -0.3 is 4.74 Å². The molecule has 36 heavy (non-hydrogen) atoms. The summed E-state index contributed by atoms with van der Waals surface area (Å²) in [6, 6.07) is 10.2. The number of carbonyl (C=O) groups is 1. The summed E-state index contributed by atoms with van der Waals surface area (Å²) in [6.07, 6.45) is -4.37. The molecule has 1 aliphatic rings. The Hall–Kier alpha value is -3.14. The Morgan fingerprint density at radius 3 is 2.50 bits per heavy atom. The van der Waals surface area contributed by atoms with Crippen LogP contribution >= 0.6 is 11.8 Å². The van der Waals surface area contributed by atoms with E-state index in [1.807, 2.05) is 19.1 Å². The molecule has 6 nitrogen and oxygen atoms in total. The lowest BCUT2D eigenvalue weighted by Crippen LogP contribution is -2.37. The maximum Gasteiger partial charge on any atom is 0.416 e. The fourth-order valence-corrected chi connectivity index (χ4v) is 4.84. The van der Waals surface area contributed by atoms with Crippen molar-refractivity contribution in [2.24, 2.45) is 5.92 Å². The van der Waals surface area contributed by atoms with Gasteiger partial charge in [0.05, 0.1) is 11.3 Å². The SMILES string of the molecule is CCC(=O)N1c2ccc(C)cc2-c2nnc(SCCC(C)C)nc2OC1c1ccc(C(F)(F)F)cc1. The number of hydrogen-bond acceptors (Lipinski definition) is 6. The fraction of sp³-hybridized carbons (Fsp3) is 0.385. The third kappa shape index (κ3) is 5.48. The molecule has 2 heterocycles. The summed E-state index contributed by atoms with van der Waals surface area (Å²) >= 11 is 1.46. The molecule has 1 atom stereocenters. The molecule has 0 saturated carbocycles. The number of carbonyl (C=O) groups excluding carboxylic acids is 1. The minimum atomic E-state index is -4.47. The number of rotatable bonds is 6. The number of fused-ring (bicyclic) bond motifs is 3. The zero-order valence-electron chi connectivity index (χ0n) is 20.5. The van der Waals surface area contributed by atoms with Gasteiger partial charge in [0.1, 0.15) is 0 Å². The van der Waals surface area contributed by atoms with Crippen LogP contribution in [0.5, 0.6) is 5.88 Å². The van der Waals surface area contributed by atoms with E-state index >= 15 is 0 Å². The average molecular weight is 517 g/mol. The van der Waals surface area contributed by atoms with Crippen LogP contribution in [0.2, 0.25) is 0 Å². The Balaban J connectivity index is 1.84. The lowest BCUT2D eigenvalue weighted by Gasteiger charge is -2.31. The van der Waals surface area contributed by atoms with Crippen LogP contribution in [-0.2, 0) is 11.0 Å². The monoisotopic (exact) mass is 516 g/mol. The second kappa shape index (κ2) is 10.5. The summed E-state index contributed by atoms with van der Waals surface area (Å²) in [5.41, 5.74) is 2.08. The van der Waals surface area contributed by atoms with E-state index in [0.717, 1.165) is 29.9 Å². The molecule has 0 fully saturated rings. The third-order valence-corrected chi connectivity index (χ3v) is 6.65. The zero-order chi connectivity index (χ0) is 26.0. The van der Waals surface area contributed by atoms with Gasteiger partial charge in [-0.15, -0.1) is 10.2 Å². The van der Waals surface area contributed by atoms with Gasteiger partial charge in [-0.2, -0.15) is 18.2 Å². The van der Waals surface area contributed by atoms with Gasteiger partial charge in [0, 0.05) is 23.3 Å². The Morgan fingerprint density at radius 2 is 1.86 bits per heavy atom. The summed E-state index contributed by atoms with van der Waals surface area (Å²) in [4.78, 5) is 19.3. The molecule has 4 rings (SSSR count). The van der Waals surface area contributed by atoms with E-state index in [0.29, 0.717) is 33.6 Å². The number of benzene rings is 2. The number of aromatic nitrogens is 3. The summed E-state index contributed by atoms with van der Waals surface area (Å²) < 4.78 is 45.9. The van der Waals surface area contributed by atoms with Crippen molar-refractivity contribution in [1.29, 1.82) is 0 Å². The highest BCUT2D eigenvalue weighted by Gasteiger charge is 2.36. The number of hydrogen-bond donors (Lipinski definition) is 0.